The maximum Gasteiger partial charge on any atom is 0.243 e. The number of rotatable bonds is 7. The second-order valence-corrected chi connectivity index (χ2v) is 12.3. The fraction of sp³-hybridized carbons (Fsp3) is 0.385. The van der Waals surface area contributed by atoms with Crippen LogP contribution in [-0.4, -0.2) is 77.5 Å². The molecule has 0 N–H and O–H groups in total. The standard InChI is InChI=1S/C26H29N5O4S2/c1-35-20-5-4-6-21(17-20)37(33,34)31-15-10-26(11-16-31)9-14-30(19-26)24(32)18-36-25-28-13-8-23(29-25)22-7-2-3-12-27-22/h2-8,12-13,17H,9-11,14-16,18-19H2,1H3. The number of sulfonamides is 1. The molecule has 2 aliphatic heterocycles. The molecule has 5 rings (SSSR count). The van der Waals surface area contributed by atoms with E-state index >= 15 is 0 Å². The number of carbonyl (C=O) groups is 1. The number of likely N-dealkylation sites (tertiary alicyclic amines) is 1. The number of hydrogen-bond acceptors (Lipinski definition) is 8. The lowest BCUT2D eigenvalue weighted by Gasteiger charge is -2.38. The van der Waals surface area contributed by atoms with E-state index in [1.165, 1.54) is 18.9 Å². The minimum atomic E-state index is -3.58. The molecule has 4 heterocycles. The third-order valence-corrected chi connectivity index (χ3v) is 9.88. The van der Waals surface area contributed by atoms with Crippen LogP contribution in [-0.2, 0) is 14.8 Å². The van der Waals surface area contributed by atoms with Crippen molar-refractivity contribution in [2.45, 2.75) is 29.3 Å². The Morgan fingerprint density at radius 2 is 1.81 bits per heavy atom. The Labute approximate surface area is 221 Å². The van der Waals surface area contributed by atoms with Crippen LogP contribution in [0.3, 0.4) is 0 Å². The summed E-state index contributed by atoms with van der Waals surface area (Å²) in [4.78, 5) is 28.3. The minimum Gasteiger partial charge on any atom is -0.497 e. The lowest BCUT2D eigenvalue weighted by Crippen LogP contribution is -2.44. The summed E-state index contributed by atoms with van der Waals surface area (Å²) in [5.41, 5.74) is 1.46. The quantitative estimate of drug-likeness (QED) is 0.333. The van der Waals surface area contributed by atoms with Gasteiger partial charge in [0.25, 0.3) is 0 Å². The third kappa shape index (κ3) is 5.63. The highest BCUT2D eigenvalue weighted by Gasteiger charge is 2.44. The van der Waals surface area contributed by atoms with Crippen LogP contribution in [0.25, 0.3) is 11.4 Å². The highest BCUT2D eigenvalue weighted by molar-refractivity contribution is 7.99. The Kier molecular flexibility index (Phi) is 7.45. The third-order valence-electron chi connectivity index (χ3n) is 7.14. The zero-order chi connectivity index (χ0) is 25.9. The van der Waals surface area contributed by atoms with Crippen molar-refractivity contribution >= 4 is 27.7 Å². The number of pyridine rings is 1. The number of benzene rings is 1. The highest BCUT2D eigenvalue weighted by Crippen LogP contribution is 2.41. The molecule has 37 heavy (non-hydrogen) atoms. The number of piperidine rings is 1. The summed E-state index contributed by atoms with van der Waals surface area (Å²) in [7, 11) is -2.06. The number of carbonyl (C=O) groups excluding carboxylic acids is 1. The molecule has 1 amide bonds. The Hall–Kier alpha value is -3.02. The van der Waals surface area contributed by atoms with Gasteiger partial charge in [0.1, 0.15) is 5.75 Å². The van der Waals surface area contributed by atoms with Crippen molar-refractivity contribution in [3.63, 3.8) is 0 Å². The van der Waals surface area contributed by atoms with E-state index in [0.717, 1.165) is 30.7 Å². The molecular weight excluding hydrogens is 510 g/mol. The molecule has 0 bridgehead atoms. The SMILES string of the molecule is COc1cccc(S(=O)(=O)N2CCC3(CCN(C(=O)CSc4nccc(-c5ccccn5)n4)C3)CC2)c1. The molecule has 2 fully saturated rings. The summed E-state index contributed by atoms with van der Waals surface area (Å²) in [5, 5.41) is 0.543. The van der Waals surface area contributed by atoms with Crippen molar-refractivity contribution < 1.29 is 17.9 Å². The first-order valence-electron chi connectivity index (χ1n) is 12.2. The molecule has 2 aliphatic rings. The van der Waals surface area contributed by atoms with Gasteiger partial charge in [0, 0.05) is 44.6 Å². The van der Waals surface area contributed by atoms with E-state index in [9.17, 15) is 13.2 Å². The lowest BCUT2D eigenvalue weighted by molar-refractivity contribution is -0.127. The van der Waals surface area contributed by atoms with Crippen molar-refractivity contribution in [3.8, 4) is 17.1 Å². The minimum absolute atomic E-state index is 0.0316. The molecule has 2 saturated heterocycles. The van der Waals surface area contributed by atoms with E-state index in [0.29, 0.717) is 37.1 Å². The summed E-state index contributed by atoms with van der Waals surface area (Å²) in [6, 6.07) is 14.0. The van der Waals surface area contributed by atoms with Crippen LogP contribution >= 0.6 is 11.8 Å². The monoisotopic (exact) mass is 539 g/mol. The van der Waals surface area contributed by atoms with E-state index in [1.54, 1.807) is 47.0 Å². The number of nitrogens with zero attached hydrogens (tertiary/aromatic N) is 5. The molecule has 0 unspecified atom stereocenters. The van der Waals surface area contributed by atoms with Crippen molar-refractivity contribution in [3.05, 3.63) is 60.9 Å². The van der Waals surface area contributed by atoms with Gasteiger partial charge in [0.15, 0.2) is 5.16 Å². The van der Waals surface area contributed by atoms with Gasteiger partial charge >= 0.3 is 0 Å². The van der Waals surface area contributed by atoms with E-state index in [-0.39, 0.29) is 22.0 Å². The predicted molar refractivity (Wildman–Crippen MR) is 141 cm³/mol. The Morgan fingerprint density at radius 1 is 1.00 bits per heavy atom. The molecule has 0 saturated carbocycles. The first kappa shape index (κ1) is 25.6. The number of amides is 1. The number of ether oxygens (including phenoxy) is 1. The summed E-state index contributed by atoms with van der Waals surface area (Å²) in [5.74, 6) is 0.837. The van der Waals surface area contributed by atoms with E-state index in [4.69, 9.17) is 4.74 Å². The van der Waals surface area contributed by atoms with Crippen LogP contribution in [0.2, 0.25) is 0 Å². The molecular formula is C26H29N5O4S2. The molecule has 3 aromatic rings. The fourth-order valence-electron chi connectivity index (χ4n) is 4.95. The van der Waals surface area contributed by atoms with Gasteiger partial charge in [-0.15, -0.1) is 0 Å². The van der Waals surface area contributed by atoms with Gasteiger partial charge in [-0.25, -0.2) is 18.4 Å². The summed E-state index contributed by atoms with van der Waals surface area (Å²) in [6.45, 7) is 2.25. The van der Waals surface area contributed by atoms with Crippen LogP contribution < -0.4 is 4.74 Å². The van der Waals surface area contributed by atoms with Gasteiger partial charge < -0.3 is 9.64 Å². The van der Waals surface area contributed by atoms with Gasteiger partial charge in [-0.2, -0.15) is 4.31 Å². The fourth-order valence-corrected chi connectivity index (χ4v) is 7.16. The normalized spacial score (nSPS) is 17.7. The summed E-state index contributed by atoms with van der Waals surface area (Å²) < 4.78 is 33.0. The molecule has 1 spiro atoms. The Morgan fingerprint density at radius 3 is 2.57 bits per heavy atom. The average molecular weight is 540 g/mol. The van der Waals surface area contributed by atoms with Crippen molar-refractivity contribution in [1.29, 1.82) is 0 Å². The predicted octanol–water partition coefficient (Wildman–Crippen LogP) is 3.34. The van der Waals surface area contributed by atoms with Crippen LogP contribution in [0, 0.1) is 5.41 Å². The molecule has 9 nitrogen and oxygen atoms in total. The summed E-state index contributed by atoms with van der Waals surface area (Å²) >= 11 is 1.32. The molecule has 1 aromatic carbocycles. The zero-order valence-corrected chi connectivity index (χ0v) is 22.2. The van der Waals surface area contributed by atoms with Crippen LogP contribution in [0.15, 0.2) is 71.0 Å². The van der Waals surface area contributed by atoms with Gasteiger partial charge in [-0.05, 0) is 55.0 Å². The smallest absolute Gasteiger partial charge is 0.243 e. The van der Waals surface area contributed by atoms with Crippen molar-refractivity contribution in [2.24, 2.45) is 5.41 Å². The van der Waals surface area contributed by atoms with Crippen LogP contribution in [0.1, 0.15) is 19.3 Å². The summed E-state index contributed by atoms with van der Waals surface area (Å²) in [6.07, 6.45) is 5.77. The number of hydrogen-bond donors (Lipinski definition) is 0. The molecule has 0 atom stereocenters. The van der Waals surface area contributed by atoms with E-state index in [2.05, 4.69) is 15.0 Å². The van der Waals surface area contributed by atoms with Crippen LogP contribution in [0.5, 0.6) is 5.75 Å². The maximum atomic E-state index is 13.2. The topological polar surface area (TPSA) is 106 Å². The molecule has 11 heteroatoms. The lowest BCUT2D eigenvalue weighted by atomic mass is 9.78. The average Bonchev–Trinajstić information content (AvgIpc) is 3.36. The largest absolute Gasteiger partial charge is 0.497 e. The first-order valence-corrected chi connectivity index (χ1v) is 14.6. The Bertz CT molecular complexity index is 1360. The van der Waals surface area contributed by atoms with Gasteiger partial charge in [-0.1, -0.05) is 23.9 Å². The van der Waals surface area contributed by atoms with Gasteiger partial charge in [-0.3, -0.25) is 9.78 Å². The van der Waals surface area contributed by atoms with E-state index in [1.807, 2.05) is 23.1 Å². The molecule has 0 aliphatic carbocycles. The highest BCUT2D eigenvalue weighted by atomic mass is 32.2. The number of aromatic nitrogens is 3. The second kappa shape index (κ2) is 10.8. The Balaban J connectivity index is 1.15. The van der Waals surface area contributed by atoms with Gasteiger partial charge in [0.05, 0.1) is 29.1 Å². The van der Waals surface area contributed by atoms with Crippen LogP contribution in [0.4, 0.5) is 0 Å². The number of thioether (sulfide) groups is 1. The first-order chi connectivity index (χ1) is 17.9. The van der Waals surface area contributed by atoms with E-state index < -0.39 is 10.0 Å². The zero-order valence-electron chi connectivity index (χ0n) is 20.6. The second-order valence-electron chi connectivity index (χ2n) is 9.38. The van der Waals surface area contributed by atoms with Crippen molar-refractivity contribution in [1.82, 2.24) is 24.2 Å². The van der Waals surface area contributed by atoms with Gasteiger partial charge in [0.2, 0.25) is 15.9 Å². The molecule has 2 aromatic heterocycles. The molecule has 0 radical (unpaired) electrons. The maximum absolute atomic E-state index is 13.2. The van der Waals surface area contributed by atoms with Crippen molar-refractivity contribution in [2.75, 3.05) is 39.0 Å². The molecule has 194 valence electrons. The number of methoxy groups -OCH3 is 1.